The summed E-state index contributed by atoms with van der Waals surface area (Å²) >= 11 is 1.30. The van der Waals surface area contributed by atoms with E-state index in [1.165, 1.54) is 11.8 Å². The van der Waals surface area contributed by atoms with Crippen molar-refractivity contribution in [1.82, 2.24) is 4.90 Å². The molecule has 1 aliphatic heterocycles. The molecule has 0 aromatic heterocycles. The van der Waals surface area contributed by atoms with Gasteiger partial charge in [-0.15, -0.1) is 0 Å². The second-order valence-electron chi connectivity index (χ2n) is 8.10. The van der Waals surface area contributed by atoms with Crippen LogP contribution < -0.4 is 14.8 Å². The molecule has 0 spiro atoms. The summed E-state index contributed by atoms with van der Waals surface area (Å²) in [6.45, 7) is 2.99. The maximum Gasteiger partial charge on any atom is 0.238 e. The molecule has 1 fully saturated rings. The van der Waals surface area contributed by atoms with Gasteiger partial charge >= 0.3 is 0 Å². The summed E-state index contributed by atoms with van der Waals surface area (Å²) in [5.74, 6) is 0.920. The normalized spacial score (nSPS) is 16.6. The van der Waals surface area contributed by atoms with Gasteiger partial charge in [0.05, 0.1) is 25.1 Å². The average molecular weight is 504 g/mol. The Morgan fingerprint density at radius 2 is 1.78 bits per heavy atom. The quantitative estimate of drug-likeness (QED) is 0.429. The number of amides is 2. The van der Waals surface area contributed by atoms with Crippen molar-refractivity contribution in [2.45, 2.75) is 25.0 Å². The van der Waals surface area contributed by atoms with E-state index < -0.39 is 5.25 Å². The van der Waals surface area contributed by atoms with Gasteiger partial charge in [0.15, 0.2) is 5.17 Å². The molecule has 3 aromatic carbocycles. The largest absolute Gasteiger partial charge is 0.495 e. The Hall–Kier alpha value is -3.78. The van der Waals surface area contributed by atoms with Crippen LogP contribution >= 0.6 is 11.8 Å². The summed E-state index contributed by atoms with van der Waals surface area (Å²) in [6, 6.07) is 24.6. The van der Waals surface area contributed by atoms with Gasteiger partial charge in [-0.1, -0.05) is 54.2 Å². The van der Waals surface area contributed by atoms with Crippen molar-refractivity contribution in [3.05, 3.63) is 84.4 Å². The standard InChI is InChI=1S/C28H29N3O4S/c1-3-35-22-15-13-21(14-16-22)29-28-31(18-17-20-9-5-4-6-10-20)26(32)19-25(36-28)27(33)30-23-11-7-8-12-24(23)34-2/h4-16,25H,3,17-19H2,1-2H3,(H,30,33)/t25-/m0/s1. The second-order valence-corrected chi connectivity index (χ2v) is 9.27. The number of para-hydroxylation sites is 2. The number of nitrogens with one attached hydrogen (secondary N) is 1. The lowest BCUT2D eigenvalue weighted by Crippen LogP contribution is -2.46. The van der Waals surface area contributed by atoms with Crippen LogP contribution in [0.2, 0.25) is 0 Å². The molecular weight excluding hydrogens is 474 g/mol. The van der Waals surface area contributed by atoms with Crippen molar-refractivity contribution in [2.75, 3.05) is 25.6 Å². The molecule has 1 atom stereocenters. The van der Waals surface area contributed by atoms with Crippen molar-refractivity contribution in [2.24, 2.45) is 4.99 Å². The zero-order chi connectivity index (χ0) is 25.3. The molecule has 1 N–H and O–H groups in total. The molecule has 0 saturated carbocycles. The Kier molecular flexibility index (Phi) is 8.62. The number of benzene rings is 3. The molecule has 8 heteroatoms. The van der Waals surface area contributed by atoms with Crippen molar-refractivity contribution >= 4 is 40.1 Å². The molecule has 4 rings (SSSR count). The molecular formula is C28H29N3O4S. The van der Waals surface area contributed by atoms with Gasteiger partial charge in [-0.3, -0.25) is 14.5 Å². The van der Waals surface area contributed by atoms with Crippen molar-refractivity contribution in [1.29, 1.82) is 0 Å². The average Bonchev–Trinajstić information content (AvgIpc) is 2.90. The van der Waals surface area contributed by atoms with Crippen LogP contribution in [0.5, 0.6) is 11.5 Å². The number of amidine groups is 1. The number of anilines is 1. The predicted octanol–water partition coefficient (Wildman–Crippen LogP) is 5.30. The van der Waals surface area contributed by atoms with E-state index in [1.807, 2.05) is 73.7 Å². The van der Waals surface area contributed by atoms with E-state index in [9.17, 15) is 9.59 Å². The lowest BCUT2D eigenvalue weighted by atomic mass is 10.1. The molecule has 0 radical (unpaired) electrons. The van der Waals surface area contributed by atoms with E-state index in [1.54, 1.807) is 24.1 Å². The Morgan fingerprint density at radius 3 is 2.50 bits per heavy atom. The van der Waals surface area contributed by atoms with E-state index in [0.29, 0.717) is 41.9 Å². The number of nitrogens with zero attached hydrogens (tertiary/aromatic N) is 2. The van der Waals surface area contributed by atoms with E-state index in [0.717, 1.165) is 11.3 Å². The molecule has 1 saturated heterocycles. The van der Waals surface area contributed by atoms with Gasteiger partial charge in [0.25, 0.3) is 0 Å². The van der Waals surface area contributed by atoms with Crippen LogP contribution in [-0.2, 0) is 16.0 Å². The highest BCUT2D eigenvalue weighted by atomic mass is 32.2. The lowest BCUT2D eigenvalue weighted by Gasteiger charge is -2.32. The van der Waals surface area contributed by atoms with E-state index in [2.05, 4.69) is 5.32 Å². The fraction of sp³-hybridized carbons (Fsp3) is 0.250. The lowest BCUT2D eigenvalue weighted by molar-refractivity contribution is -0.129. The van der Waals surface area contributed by atoms with Crippen LogP contribution in [0.15, 0.2) is 83.9 Å². The number of rotatable bonds is 9. The maximum atomic E-state index is 13.3. The number of carbonyl (C=O) groups excluding carboxylic acids is 2. The highest BCUT2D eigenvalue weighted by Gasteiger charge is 2.36. The minimum Gasteiger partial charge on any atom is -0.495 e. The highest BCUT2D eigenvalue weighted by Crippen LogP contribution is 2.32. The number of ether oxygens (including phenoxy) is 2. The van der Waals surface area contributed by atoms with E-state index in [-0.39, 0.29) is 18.2 Å². The molecule has 0 bridgehead atoms. The van der Waals surface area contributed by atoms with Crippen LogP contribution in [0.3, 0.4) is 0 Å². The molecule has 1 aliphatic rings. The van der Waals surface area contributed by atoms with E-state index >= 15 is 0 Å². The molecule has 0 unspecified atom stereocenters. The first-order valence-electron chi connectivity index (χ1n) is 11.8. The minimum absolute atomic E-state index is 0.0860. The number of hydrogen-bond acceptors (Lipinski definition) is 6. The topological polar surface area (TPSA) is 80.2 Å². The summed E-state index contributed by atoms with van der Waals surface area (Å²) in [4.78, 5) is 32.8. The first kappa shape index (κ1) is 25.3. The van der Waals surface area contributed by atoms with Crippen LogP contribution in [0.4, 0.5) is 11.4 Å². The van der Waals surface area contributed by atoms with Crippen LogP contribution in [0, 0.1) is 0 Å². The number of thioether (sulfide) groups is 1. The molecule has 36 heavy (non-hydrogen) atoms. The third-order valence-corrected chi connectivity index (χ3v) is 6.82. The molecule has 186 valence electrons. The number of aliphatic imine (C=N–C) groups is 1. The highest BCUT2D eigenvalue weighted by molar-refractivity contribution is 8.15. The van der Waals surface area contributed by atoms with Gasteiger partial charge in [-0.05, 0) is 55.3 Å². The van der Waals surface area contributed by atoms with Crippen LogP contribution in [0.1, 0.15) is 18.9 Å². The van der Waals surface area contributed by atoms with Crippen LogP contribution in [-0.4, -0.2) is 47.4 Å². The Labute approximate surface area is 215 Å². The Bertz CT molecular complexity index is 1210. The minimum atomic E-state index is -0.614. The van der Waals surface area contributed by atoms with Gasteiger partial charge in [-0.2, -0.15) is 0 Å². The summed E-state index contributed by atoms with van der Waals surface area (Å²) in [5.41, 5.74) is 2.38. The van der Waals surface area contributed by atoms with Gasteiger partial charge in [0.2, 0.25) is 11.8 Å². The molecule has 7 nitrogen and oxygen atoms in total. The summed E-state index contributed by atoms with van der Waals surface area (Å²) in [7, 11) is 1.55. The first-order chi connectivity index (χ1) is 17.6. The molecule has 1 heterocycles. The zero-order valence-electron chi connectivity index (χ0n) is 20.3. The van der Waals surface area contributed by atoms with Crippen LogP contribution in [0.25, 0.3) is 0 Å². The van der Waals surface area contributed by atoms with Gasteiger partial charge in [0, 0.05) is 13.0 Å². The van der Waals surface area contributed by atoms with Gasteiger partial charge < -0.3 is 14.8 Å². The summed E-state index contributed by atoms with van der Waals surface area (Å²) < 4.78 is 10.9. The zero-order valence-corrected chi connectivity index (χ0v) is 21.2. The summed E-state index contributed by atoms with van der Waals surface area (Å²) in [6.07, 6.45) is 0.774. The molecule has 2 amide bonds. The number of hydrogen-bond donors (Lipinski definition) is 1. The monoisotopic (exact) mass is 503 g/mol. The van der Waals surface area contributed by atoms with Gasteiger partial charge in [0.1, 0.15) is 16.7 Å². The first-order valence-corrected chi connectivity index (χ1v) is 12.7. The van der Waals surface area contributed by atoms with E-state index in [4.69, 9.17) is 14.5 Å². The SMILES string of the molecule is CCOc1ccc(N=C2S[C@H](C(=O)Nc3ccccc3OC)CC(=O)N2CCc2ccccc2)cc1. The van der Waals surface area contributed by atoms with Gasteiger partial charge in [-0.25, -0.2) is 4.99 Å². The third-order valence-electron chi connectivity index (χ3n) is 5.64. The van der Waals surface area contributed by atoms with Crippen molar-refractivity contribution < 1.29 is 19.1 Å². The Morgan fingerprint density at radius 1 is 1.06 bits per heavy atom. The fourth-order valence-corrected chi connectivity index (χ4v) is 4.93. The predicted molar refractivity (Wildman–Crippen MR) is 144 cm³/mol. The maximum absolute atomic E-state index is 13.3. The fourth-order valence-electron chi connectivity index (χ4n) is 3.80. The number of carbonyl (C=O) groups is 2. The summed E-state index contributed by atoms with van der Waals surface area (Å²) in [5, 5.41) is 2.80. The third kappa shape index (κ3) is 6.46. The van der Waals surface area contributed by atoms with Crippen molar-refractivity contribution in [3.63, 3.8) is 0 Å². The molecule has 3 aromatic rings. The molecule has 0 aliphatic carbocycles. The van der Waals surface area contributed by atoms with Crippen molar-refractivity contribution in [3.8, 4) is 11.5 Å². The smallest absolute Gasteiger partial charge is 0.238 e. The second kappa shape index (κ2) is 12.3. The Balaban J connectivity index is 1.56. The number of methoxy groups -OCH3 is 1.